The van der Waals surface area contributed by atoms with Gasteiger partial charge in [0.1, 0.15) is 0 Å². The van der Waals surface area contributed by atoms with Crippen molar-refractivity contribution < 1.29 is 0 Å². The standard InChI is InChI=1S/C7H7.C6H5.CHBr2.Sb/c1-7-5-3-2-4-6-7;1-2-4-6-5-3-1;2-1-3;/h2-6H,1H2;1-5H;1H;. The number of hydrogen-bond donors (Lipinski definition) is 0. The van der Waals surface area contributed by atoms with Gasteiger partial charge in [0.05, 0.1) is 0 Å². The Kier molecular flexibility index (Phi) is 5.59. The van der Waals surface area contributed by atoms with Crippen molar-refractivity contribution in [3.8, 4) is 0 Å². The zero-order chi connectivity index (χ0) is 12.1. The van der Waals surface area contributed by atoms with Gasteiger partial charge in [-0.15, -0.1) is 0 Å². The molecule has 0 atom stereocenters. The molecule has 0 spiro atoms. The molecule has 3 heteroatoms. The molecule has 0 radical (unpaired) electrons. The van der Waals surface area contributed by atoms with Crippen LogP contribution in [0.25, 0.3) is 0 Å². The Morgan fingerprint density at radius 2 is 1.35 bits per heavy atom. The van der Waals surface area contributed by atoms with Crippen molar-refractivity contribution >= 4 is 55.6 Å². The fourth-order valence-electron chi connectivity index (χ4n) is 1.67. The van der Waals surface area contributed by atoms with Crippen LogP contribution in [0.4, 0.5) is 0 Å². The molecule has 0 saturated heterocycles. The van der Waals surface area contributed by atoms with Gasteiger partial charge in [-0.25, -0.2) is 0 Å². The van der Waals surface area contributed by atoms with E-state index < -0.39 is 20.2 Å². The van der Waals surface area contributed by atoms with Crippen molar-refractivity contribution in [3.05, 3.63) is 66.2 Å². The molecule has 0 N–H and O–H groups in total. The summed E-state index contributed by atoms with van der Waals surface area (Å²) in [6.07, 6.45) is 0. The molecule has 0 aromatic heterocycles. The van der Waals surface area contributed by atoms with E-state index in [1.807, 2.05) is 0 Å². The predicted molar refractivity (Wildman–Crippen MR) is 83.6 cm³/mol. The van der Waals surface area contributed by atoms with Crippen LogP contribution >= 0.6 is 31.9 Å². The maximum atomic E-state index is 3.73. The van der Waals surface area contributed by atoms with Crippen LogP contribution in [0.15, 0.2) is 60.7 Å². The molecule has 2 rings (SSSR count). The van der Waals surface area contributed by atoms with E-state index in [0.717, 1.165) is 0 Å². The van der Waals surface area contributed by atoms with E-state index in [-0.39, 0.29) is 0 Å². The van der Waals surface area contributed by atoms with Gasteiger partial charge in [0, 0.05) is 0 Å². The Labute approximate surface area is 127 Å². The van der Waals surface area contributed by atoms with Gasteiger partial charge < -0.3 is 0 Å². The quantitative estimate of drug-likeness (QED) is 0.479. The number of rotatable bonds is 4. The summed E-state index contributed by atoms with van der Waals surface area (Å²) in [6.45, 7) is 0. The average molecular weight is 463 g/mol. The first-order chi connectivity index (χ1) is 8.27. The van der Waals surface area contributed by atoms with Crippen LogP contribution in [0.3, 0.4) is 0 Å². The summed E-state index contributed by atoms with van der Waals surface area (Å²) in [4.78, 5) is 0. The summed E-state index contributed by atoms with van der Waals surface area (Å²) in [7, 11) is 0. The Bertz CT molecular complexity index is 442. The van der Waals surface area contributed by atoms with Crippen LogP contribution in [0.1, 0.15) is 5.56 Å². The van der Waals surface area contributed by atoms with E-state index in [9.17, 15) is 0 Å². The number of halogens is 2. The maximum absolute atomic E-state index is 3.73. The zero-order valence-corrected chi connectivity index (χ0v) is 15.0. The van der Waals surface area contributed by atoms with Crippen molar-refractivity contribution in [3.63, 3.8) is 0 Å². The minimum absolute atomic E-state index is 0.473. The SMILES string of the molecule is Br[CH](Br)[Sb]([CH2]c1ccccc1)[c]1ccccc1. The summed E-state index contributed by atoms with van der Waals surface area (Å²) in [6, 6.07) is 21.7. The molecule has 0 fully saturated rings. The topological polar surface area (TPSA) is 0 Å². The Morgan fingerprint density at radius 3 is 1.88 bits per heavy atom. The van der Waals surface area contributed by atoms with Crippen molar-refractivity contribution in [2.45, 2.75) is 6.05 Å². The third-order valence-electron chi connectivity index (χ3n) is 2.52. The van der Waals surface area contributed by atoms with Crippen molar-refractivity contribution in [1.29, 1.82) is 0 Å². The zero-order valence-electron chi connectivity index (χ0n) is 9.26. The van der Waals surface area contributed by atoms with Crippen LogP contribution < -0.4 is 3.51 Å². The van der Waals surface area contributed by atoms with E-state index >= 15 is 0 Å². The molecule has 0 heterocycles. The second kappa shape index (κ2) is 6.97. The van der Waals surface area contributed by atoms with Crippen molar-refractivity contribution in [2.75, 3.05) is 0 Å². The Morgan fingerprint density at radius 1 is 0.824 bits per heavy atom. The Balaban J connectivity index is 2.20. The molecule has 17 heavy (non-hydrogen) atoms. The molecule has 0 nitrogen and oxygen atoms in total. The molecular formula is C14H13Br2Sb. The second-order valence-electron chi connectivity index (χ2n) is 3.73. The molecule has 0 aliphatic rings. The van der Waals surface area contributed by atoms with Gasteiger partial charge in [0.2, 0.25) is 0 Å². The first-order valence-corrected chi connectivity index (χ1v) is 11.8. The van der Waals surface area contributed by atoms with E-state index in [0.29, 0.717) is 1.68 Å². The van der Waals surface area contributed by atoms with Gasteiger partial charge in [-0.1, -0.05) is 0 Å². The third-order valence-corrected chi connectivity index (χ3v) is 15.3. The molecular weight excluding hydrogens is 450 g/mol. The van der Waals surface area contributed by atoms with Gasteiger partial charge in [-0.2, -0.15) is 0 Å². The van der Waals surface area contributed by atoms with Crippen molar-refractivity contribution in [1.82, 2.24) is 0 Å². The van der Waals surface area contributed by atoms with E-state index in [1.165, 1.54) is 13.4 Å². The first kappa shape index (κ1) is 13.6. The summed E-state index contributed by atoms with van der Waals surface area (Å²) in [5.41, 5.74) is 1.45. The predicted octanol–water partition coefficient (Wildman–Crippen LogP) is 3.83. The second-order valence-corrected chi connectivity index (χ2v) is 17.5. The third kappa shape index (κ3) is 4.12. The molecule has 88 valence electrons. The Hall–Kier alpha value is 0.218. The summed E-state index contributed by atoms with van der Waals surface area (Å²) >= 11 is 5.93. The number of hydrogen-bond acceptors (Lipinski definition) is 0. The minimum atomic E-state index is -1.54. The summed E-state index contributed by atoms with van der Waals surface area (Å²) in [5, 5.41) is 0. The fraction of sp³-hybridized carbons (Fsp3) is 0.143. The molecule has 2 aromatic rings. The number of alkyl halides is 2. The molecule has 0 unspecified atom stereocenters. The molecule has 2 aromatic carbocycles. The van der Waals surface area contributed by atoms with Crippen LogP contribution in [0.2, 0.25) is 0 Å². The van der Waals surface area contributed by atoms with Crippen LogP contribution in [-0.4, -0.2) is 21.9 Å². The molecule has 0 saturated carbocycles. The average Bonchev–Trinajstić information content (AvgIpc) is 2.38. The summed E-state index contributed by atoms with van der Waals surface area (Å²) < 4.78 is 3.23. The van der Waals surface area contributed by atoms with Gasteiger partial charge in [0.15, 0.2) is 0 Å². The van der Waals surface area contributed by atoms with Gasteiger partial charge in [-0.05, 0) is 0 Å². The van der Waals surface area contributed by atoms with Crippen LogP contribution in [0.5, 0.6) is 0 Å². The van der Waals surface area contributed by atoms with Crippen LogP contribution in [0, 0.1) is 0 Å². The molecule has 0 bridgehead atoms. The summed E-state index contributed by atoms with van der Waals surface area (Å²) in [5.74, 6) is 0. The monoisotopic (exact) mass is 460 g/mol. The van der Waals surface area contributed by atoms with E-state index in [4.69, 9.17) is 0 Å². The fourth-order valence-corrected chi connectivity index (χ4v) is 11.7. The molecule has 0 aliphatic carbocycles. The molecule has 0 amide bonds. The van der Waals surface area contributed by atoms with Crippen molar-refractivity contribution in [2.24, 2.45) is 0 Å². The van der Waals surface area contributed by atoms with Crippen LogP contribution in [-0.2, 0) is 4.37 Å². The first-order valence-electron chi connectivity index (χ1n) is 5.41. The normalized spacial score (nSPS) is 11.1. The van der Waals surface area contributed by atoms with Gasteiger partial charge in [0.25, 0.3) is 0 Å². The van der Waals surface area contributed by atoms with E-state index in [1.54, 1.807) is 0 Å². The van der Waals surface area contributed by atoms with Gasteiger partial charge >= 0.3 is 128 Å². The molecule has 0 aliphatic heterocycles. The van der Waals surface area contributed by atoms with Gasteiger partial charge in [-0.3, -0.25) is 0 Å². The number of benzene rings is 2. The van der Waals surface area contributed by atoms with E-state index in [2.05, 4.69) is 92.5 Å².